The van der Waals surface area contributed by atoms with Crippen LogP contribution in [-0.4, -0.2) is 42.9 Å². The van der Waals surface area contributed by atoms with Gasteiger partial charge < -0.3 is 15.1 Å². The number of hydrogen-bond acceptors (Lipinski definition) is 3. The number of para-hydroxylation sites is 1. The first-order chi connectivity index (χ1) is 12.0. The van der Waals surface area contributed by atoms with Crippen LogP contribution in [0.15, 0.2) is 48.5 Å². The lowest BCUT2D eigenvalue weighted by atomic mass is 10.2. The van der Waals surface area contributed by atoms with Crippen LogP contribution in [0.25, 0.3) is 0 Å². The number of amides is 2. The molecule has 1 aliphatic rings. The summed E-state index contributed by atoms with van der Waals surface area (Å²) in [6.07, 6.45) is 0. The lowest BCUT2D eigenvalue weighted by Crippen LogP contribution is -2.51. The number of benzene rings is 2. The zero-order valence-corrected chi connectivity index (χ0v) is 14.2. The molecule has 1 aliphatic heterocycles. The fourth-order valence-electron chi connectivity index (χ4n) is 2.72. The highest BCUT2D eigenvalue weighted by molar-refractivity contribution is 6.39. The molecule has 0 aromatic heterocycles. The van der Waals surface area contributed by atoms with Gasteiger partial charge in [-0.1, -0.05) is 29.8 Å². The summed E-state index contributed by atoms with van der Waals surface area (Å²) in [6, 6.07) is 13.2. The Bertz CT molecular complexity index is 791. The van der Waals surface area contributed by atoms with Gasteiger partial charge in [0.15, 0.2) is 0 Å². The topological polar surface area (TPSA) is 52.7 Å². The van der Waals surface area contributed by atoms with Gasteiger partial charge in [0.1, 0.15) is 5.82 Å². The molecule has 1 saturated heterocycles. The number of rotatable bonds is 2. The van der Waals surface area contributed by atoms with Gasteiger partial charge in [0.05, 0.1) is 5.69 Å². The van der Waals surface area contributed by atoms with Gasteiger partial charge in [-0.2, -0.15) is 0 Å². The first kappa shape index (κ1) is 17.2. The maximum absolute atomic E-state index is 13.6. The van der Waals surface area contributed by atoms with E-state index in [1.165, 1.54) is 23.1 Å². The highest BCUT2D eigenvalue weighted by Crippen LogP contribution is 2.21. The van der Waals surface area contributed by atoms with Crippen LogP contribution < -0.4 is 10.2 Å². The number of anilines is 2. The van der Waals surface area contributed by atoms with Crippen LogP contribution in [0, 0.1) is 5.82 Å². The van der Waals surface area contributed by atoms with Crippen LogP contribution in [0.2, 0.25) is 5.02 Å². The summed E-state index contributed by atoms with van der Waals surface area (Å²) in [5.74, 6) is -2.07. The molecule has 1 N–H and O–H groups in total. The fourth-order valence-corrected chi connectivity index (χ4v) is 2.91. The predicted molar refractivity (Wildman–Crippen MR) is 95.3 cm³/mol. The van der Waals surface area contributed by atoms with Gasteiger partial charge in [0.25, 0.3) is 0 Å². The van der Waals surface area contributed by atoms with E-state index in [1.807, 2.05) is 18.2 Å². The second-order valence-corrected chi connectivity index (χ2v) is 6.13. The number of nitrogens with zero attached hydrogens (tertiary/aromatic N) is 2. The number of carbonyl (C=O) groups is 2. The normalized spacial score (nSPS) is 14.3. The molecule has 2 aromatic rings. The minimum absolute atomic E-state index is 0.00147. The second kappa shape index (κ2) is 7.53. The molecule has 3 rings (SSSR count). The molecular formula is C18H17ClFN3O2. The second-order valence-electron chi connectivity index (χ2n) is 5.69. The van der Waals surface area contributed by atoms with E-state index in [2.05, 4.69) is 10.2 Å². The number of hydrogen-bond donors (Lipinski definition) is 1. The van der Waals surface area contributed by atoms with E-state index in [9.17, 15) is 14.0 Å². The van der Waals surface area contributed by atoms with Crippen LogP contribution in [0.4, 0.5) is 15.8 Å². The molecule has 25 heavy (non-hydrogen) atoms. The Balaban J connectivity index is 1.58. The molecule has 0 spiro atoms. The average molecular weight is 362 g/mol. The standard InChI is InChI=1S/C18H17ClFN3O2/c19-13-4-3-5-14(12-13)22-8-10-23(11-9-22)18(25)17(24)21-16-7-2-1-6-15(16)20/h1-7,12H,8-11H2,(H,21,24). The van der Waals surface area contributed by atoms with E-state index >= 15 is 0 Å². The summed E-state index contributed by atoms with van der Waals surface area (Å²) in [5, 5.41) is 2.97. The molecule has 0 saturated carbocycles. The van der Waals surface area contributed by atoms with Gasteiger partial charge in [0.2, 0.25) is 0 Å². The van der Waals surface area contributed by atoms with E-state index in [1.54, 1.807) is 12.1 Å². The van der Waals surface area contributed by atoms with E-state index in [4.69, 9.17) is 11.6 Å². The minimum atomic E-state index is -0.832. The molecule has 0 bridgehead atoms. The molecule has 2 amide bonds. The quantitative estimate of drug-likeness (QED) is 0.837. The van der Waals surface area contributed by atoms with Crippen molar-refractivity contribution in [2.24, 2.45) is 0 Å². The van der Waals surface area contributed by atoms with E-state index in [0.717, 1.165) is 5.69 Å². The number of carbonyl (C=O) groups excluding carboxylic acids is 2. The van der Waals surface area contributed by atoms with Gasteiger partial charge in [0, 0.05) is 36.9 Å². The van der Waals surface area contributed by atoms with Gasteiger partial charge in [-0.15, -0.1) is 0 Å². The maximum Gasteiger partial charge on any atom is 0.313 e. The van der Waals surface area contributed by atoms with Gasteiger partial charge >= 0.3 is 11.8 Å². The van der Waals surface area contributed by atoms with Crippen molar-refractivity contribution in [1.29, 1.82) is 0 Å². The van der Waals surface area contributed by atoms with Gasteiger partial charge in [-0.3, -0.25) is 9.59 Å². The van der Waals surface area contributed by atoms with Gasteiger partial charge in [-0.05, 0) is 30.3 Å². The molecule has 0 unspecified atom stereocenters. The monoisotopic (exact) mass is 361 g/mol. The van der Waals surface area contributed by atoms with Crippen LogP contribution in [0.3, 0.4) is 0 Å². The summed E-state index contributed by atoms with van der Waals surface area (Å²) < 4.78 is 13.6. The van der Waals surface area contributed by atoms with E-state index in [-0.39, 0.29) is 5.69 Å². The van der Waals surface area contributed by atoms with Gasteiger partial charge in [-0.25, -0.2) is 4.39 Å². The molecule has 7 heteroatoms. The maximum atomic E-state index is 13.6. The Morgan fingerprint density at radius 2 is 1.72 bits per heavy atom. The highest BCUT2D eigenvalue weighted by Gasteiger charge is 2.26. The molecule has 0 aliphatic carbocycles. The molecule has 0 radical (unpaired) electrons. The predicted octanol–water partition coefficient (Wildman–Crippen LogP) is 2.77. The van der Waals surface area contributed by atoms with Crippen LogP contribution in [-0.2, 0) is 9.59 Å². The van der Waals surface area contributed by atoms with Crippen molar-refractivity contribution in [2.75, 3.05) is 36.4 Å². The molecule has 1 heterocycles. The molecule has 0 atom stereocenters. The third-order valence-electron chi connectivity index (χ3n) is 4.06. The lowest BCUT2D eigenvalue weighted by Gasteiger charge is -2.35. The summed E-state index contributed by atoms with van der Waals surface area (Å²) >= 11 is 6.00. The van der Waals surface area contributed by atoms with Crippen molar-refractivity contribution < 1.29 is 14.0 Å². The summed E-state index contributed by atoms with van der Waals surface area (Å²) in [6.45, 7) is 2.02. The van der Waals surface area contributed by atoms with Crippen molar-refractivity contribution in [1.82, 2.24) is 4.90 Å². The lowest BCUT2D eigenvalue weighted by molar-refractivity contribution is -0.143. The number of nitrogens with one attached hydrogen (secondary N) is 1. The Morgan fingerprint density at radius 1 is 1.00 bits per heavy atom. The molecule has 5 nitrogen and oxygen atoms in total. The zero-order chi connectivity index (χ0) is 17.8. The fraction of sp³-hybridized carbons (Fsp3) is 0.222. The smallest absolute Gasteiger partial charge is 0.313 e. The zero-order valence-electron chi connectivity index (χ0n) is 13.4. The average Bonchev–Trinajstić information content (AvgIpc) is 2.63. The largest absolute Gasteiger partial charge is 0.368 e. The third-order valence-corrected chi connectivity index (χ3v) is 4.29. The van der Waals surface area contributed by atoms with Crippen LogP contribution in [0.5, 0.6) is 0 Å². The first-order valence-electron chi connectivity index (χ1n) is 7.90. The molecule has 1 fully saturated rings. The van der Waals surface area contributed by atoms with E-state index in [0.29, 0.717) is 31.2 Å². The van der Waals surface area contributed by atoms with Crippen molar-refractivity contribution in [3.8, 4) is 0 Å². The Hall–Kier alpha value is -2.60. The van der Waals surface area contributed by atoms with Crippen molar-refractivity contribution >= 4 is 34.8 Å². The Morgan fingerprint density at radius 3 is 2.40 bits per heavy atom. The molecular weight excluding hydrogens is 345 g/mol. The van der Waals surface area contributed by atoms with Crippen molar-refractivity contribution in [3.63, 3.8) is 0 Å². The summed E-state index contributed by atoms with van der Waals surface area (Å²) in [4.78, 5) is 27.9. The summed E-state index contributed by atoms with van der Waals surface area (Å²) in [7, 11) is 0. The summed E-state index contributed by atoms with van der Waals surface area (Å²) in [5.41, 5.74) is 0.980. The Labute approximate surface area is 150 Å². The van der Waals surface area contributed by atoms with Crippen LogP contribution in [0.1, 0.15) is 0 Å². The van der Waals surface area contributed by atoms with E-state index < -0.39 is 17.6 Å². The minimum Gasteiger partial charge on any atom is -0.368 e. The van der Waals surface area contributed by atoms with Crippen molar-refractivity contribution in [2.45, 2.75) is 0 Å². The van der Waals surface area contributed by atoms with Crippen molar-refractivity contribution in [3.05, 3.63) is 59.4 Å². The first-order valence-corrected chi connectivity index (χ1v) is 8.28. The molecule has 130 valence electrons. The number of halogens is 2. The Kier molecular flexibility index (Phi) is 5.19. The van der Waals surface area contributed by atoms with Crippen LogP contribution >= 0.6 is 11.6 Å². The molecule has 2 aromatic carbocycles. The number of piperazine rings is 1. The SMILES string of the molecule is O=C(Nc1ccccc1F)C(=O)N1CCN(c2cccc(Cl)c2)CC1. The third kappa shape index (κ3) is 4.09. The highest BCUT2D eigenvalue weighted by atomic mass is 35.5.